The van der Waals surface area contributed by atoms with E-state index < -0.39 is 0 Å². The van der Waals surface area contributed by atoms with Gasteiger partial charge in [-0.1, -0.05) is 31.4 Å². The average molecular weight is 269 g/mol. The predicted molar refractivity (Wildman–Crippen MR) is 81.9 cm³/mol. The van der Waals surface area contributed by atoms with E-state index in [1.165, 1.54) is 63.0 Å². The predicted octanol–water partition coefficient (Wildman–Crippen LogP) is 3.68. The van der Waals surface area contributed by atoms with Gasteiger partial charge in [0.25, 0.3) is 0 Å². The van der Waals surface area contributed by atoms with Gasteiger partial charge in [-0.05, 0) is 37.9 Å². The highest BCUT2D eigenvalue weighted by atomic mass is 15.2. The van der Waals surface area contributed by atoms with Crippen molar-refractivity contribution in [2.24, 2.45) is 0 Å². The average Bonchev–Trinajstić information content (AvgIpc) is 3.14. The van der Waals surface area contributed by atoms with Crippen molar-refractivity contribution >= 4 is 11.0 Å². The molecule has 3 heteroatoms. The van der Waals surface area contributed by atoms with Crippen LogP contribution in [0.1, 0.15) is 50.3 Å². The summed E-state index contributed by atoms with van der Waals surface area (Å²) in [6, 6.07) is 9.21. The molecule has 1 unspecified atom stereocenters. The molecule has 1 aliphatic carbocycles. The highest BCUT2D eigenvalue weighted by molar-refractivity contribution is 5.74. The molecular formula is C17H23N3. The number of likely N-dealkylation sites (tertiary alicyclic amines) is 1. The molecule has 2 aliphatic rings. The van der Waals surface area contributed by atoms with Gasteiger partial charge >= 0.3 is 0 Å². The summed E-state index contributed by atoms with van der Waals surface area (Å²) in [5, 5.41) is 0. The summed E-state index contributed by atoms with van der Waals surface area (Å²) in [6.45, 7) is 2.46. The number of H-pyrrole nitrogens is 1. The summed E-state index contributed by atoms with van der Waals surface area (Å²) in [6.07, 6.45) is 8.38. The summed E-state index contributed by atoms with van der Waals surface area (Å²) >= 11 is 0. The molecule has 1 atom stereocenters. The second-order valence-electron chi connectivity index (χ2n) is 6.41. The van der Waals surface area contributed by atoms with Crippen molar-refractivity contribution in [1.29, 1.82) is 0 Å². The van der Waals surface area contributed by atoms with Gasteiger partial charge in [0.15, 0.2) is 0 Å². The largest absolute Gasteiger partial charge is 0.342 e. The van der Waals surface area contributed by atoms with Crippen LogP contribution in [0.3, 0.4) is 0 Å². The molecule has 2 fully saturated rings. The first-order chi connectivity index (χ1) is 9.90. The summed E-state index contributed by atoms with van der Waals surface area (Å²) in [5.74, 6) is 1.80. The molecule has 106 valence electrons. The zero-order valence-electron chi connectivity index (χ0n) is 12.0. The summed E-state index contributed by atoms with van der Waals surface area (Å²) in [5.41, 5.74) is 2.29. The Balaban J connectivity index is 1.49. The van der Waals surface area contributed by atoms with Gasteiger partial charge in [0.1, 0.15) is 5.82 Å². The van der Waals surface area contributed by atoms with Crippen molar-refractivity contribution in [1.82, 2.24) is 14.9 Å². The molecule has 0 bridgehead atoms. The lowest BCUT2D eigenvalue weighted by atomic mass is 9.94. The van der Waals surface area contributed by atoms with Crippen LogP contribution in [0.5, 0.6) is 0 Å². The van der Waals surface area contributed by atoms with E-state index in [0.717, 1.165) is 11.6 Å². The number of rotatable bonds is 2. The molecule has 1 aromatic carbocycles. The number of hydrogen-bond donors (Lipinski definition) is 1. The van der Waals surface area contributed by atoms with E-state index >= 15 is 0 Å². The zero-order valence-corrected chi connectivity index (χ0v) is 12.0. The van der Waals surface area contributed by atoms with Gasteiger partial charge < -0.3 is 4.98 Å². The molecule has 2 heterocycles. The van der Waals surface area contributed by atoms with E-state index in [9.17, 15) is 0 Å². The van der Waals surface area contributed by atoms with Gasteiger partial charge in [0.2, 0.25) is 0 Å². The van der Waals surface area contributed by atoms with Gasteiger partial charge in [-0.25, -0.2) is 4.98 Å². The normalized spacial score (nSPS) is 25.5. The molecule has 1 aliphatic heterocycles. The third-order valence-corrected chi connectivity index (χ3v) is 5.11. The highest BCUT2D eigenvalue weighted by Crippen LogP contribution is 2.32. The van der Waals surface area contributed by atoms with Crippen molar-refractivity contribution < 1.29 is 0 Å². The summed E-state index contributed by atoms with van der Waals surface area (Å²) < 4.78 is 0. The van der Waals surface area contributed by atoms with Gasteiger partial charge in [-0.3, -0.25) is 4.90 Å². The molecule has 1 N–H and O–H groups in total. The second-order valence-corrected chi connectivity index (χ2v) is 6.41. The third kappa shape index (κ3) is 2.24. The smallest absolute Gasteiger partial charge is 0.111 e. The van der Waals surface area contributed by atoms with Crippen molar-refractivity contribution in [2.75, 3.05) is 13.1 Å². The van der Waals surface area contributed by atoms with Gasteiger partial charge in [-0.15, -0.1) is 0 Å². The Labute approximate surface area is 120 Å². The molecular weight excluding hydrogens is 246 g/mol. The van der Waals surface area contributed by atoms with Crippen LogP contribution in [0.2, 0.25) is 0 Å². The molecule has 3 nitrogen and oxygen atoms in total. The van der Waals surface area contributed by atoms with Crippen molar-refractivity contribution in [2.45, 2.75) is 50.5 Å². The van der Waals surface area contributed by atoms with Crippen LogP contribution < -0.4 is 0 Å². The topological polar surface area (TPSA) is 31.9 Å². The van der Waals surface area contributed by atoms with E-state index in [1.54, 1.807) is 0 Å². The van der Waals surface area contributed by atoms with Gasteiger partial charge in [-0.2, -0.15) is 0 Å². The number of nitrogens with one attached hydrogen (secondary N) is 1. The number of imidazole rings is 1. The van der Waals surface area contributed by atoms with Crippen LogP contribution in [-0.4, -0.2) is 34.0 Å². The van der Waals surface area contributed by atoms with E-state index in [2.05, 4.69) is 34.1 Å². The second kappa shape index (κ2) is 5.21. The molecule has 0 radical (unpaired) electrons. The Hall–Kier alpha value is -1.35. The minimum atomic E-state index is 0.601. The molecule has 1 aromatic heterocycles. The summed E-state index contributed by atoms with van der Waals surface area (Å²) in [7, 11) is 0. The molecule has 1 saturated carbocycles. The number of aromatic amines is 1. The standard InChI is InChI=1S/C17H23N3/c1-2-6-14(7-3-1)20-11-10-13(12-20)17-18-15-8-4-5-9-16(15)19-17/h4-5,8-9,13-14H,1-3,6-7,10-12H2,(H,18,19). The lowest BCUT2D eigenvalue weighted by Crippen LogP contribution is -2.34. The number of nitrogens with zero attached hydrogens (tertiary/aromatic N) is 2. The first kappa shape index (κ1) is 12.4. The van der Waals surface area contributed by atoms with Crippen LogP contribution in [0.4, 0.5) is 0 Å². The maximum Gasteiger partial charge on any atom is 0.111 e. The maximum atomic E-state index is 4.79. The van der Waals surface area contributed by atoms with E-state index in [1.807, 2.05) is 0 Å². The van der Waals surface area contributed by atoms with Crippen LogP contribution in [0.15, 0.2) is 24.3 Å². The molecule has 1 saturated heterocycles. The zero-order chi connectivity index (χ0) is 13.4. The van der Waals surface area contributed by atoms with E-state index in [4.69, 9.17) is 4.98 Å². The van der Waals surface area contributed by atoms with Crippen LogP contribution in [0.25, 0.3) is 11.0 Å². The van der Waals surface area contributed by atoms with Gasteiger partial charge in [0, 0.05) is 18.5 Å². The van der Waals surface area contributed by atoms with Crippen molar-refractivity contribution in [3.05, 3.63) is 30.1 Å². The first-order valence-electron chi connectivity index (χ1n) is 8.09. The Morgan fingerprint density at radius 2 is 1.90 bits per heavy atom. The molecule has 4 rings (SSSR count). The fourth-order valence-corrected chi connectivity index (χ4v) is 3.95. The quantitative estimate of drug-likeness (QED) is 0.901. The molecule has 2 aromatic rings. The molecule has 0 spiro atoms. The Morgan fingerprint density at radius 3 is 2.75 bits per heavy atom. The van der Waals surface area contributed by atoms with Crippen molar-refractivity contribution in [3.63, 3.8) is 0 Å². The third-order valence-electron chi connectivity index (χ3n) is 5.11. The SMILES string of the molecule is c1ccc2[nH]c(C3CCN(C4CCCCC4)C3)nc2c1. The monoisotopic (exact) mass is 269 g/mol. The lowest BCUT2D eigenvalue weighted by Gasteiger charge is -2.30. The van der Waals surface area contributed by atoms with Crippen LogP contribution in [-0.2, 0) is 0 Å². The Morgan fingerprint density at radius 1 is 1.05 bits per heavy atom. The van der Waals surface area contributed by atoms with E-state index in [0.29, 0.717) is 5.92 Å². The number of aromatic nitrogens is 2. The maximum absolute atomic E-state index is 4.79. The molecule has 0 amide bonds. The Bertz CT molecular complexity index is 550. The lowest BCUT2D eigenvalue weighted by molar-refractivity contribution is 0.189. The number of para-hydroxylation sites is 2. The van der Waals surface area contributed by atoms with E-state index in [-0.39, 0.29) is 0 Å². The highest BCUT2D eigenvalue weighted by Gasteiger charge is 2.31. The van der Waals surface area contributed by atoms with Crippen LogP contribution >= 0.6 is 0 Å². The molecule has 20 heavy (non-hydrogen) atoms. The number of hydrogen-bond acceptors (Lipinski definition) is 2. The fourth-order valence-electron chi connectivity index (χ4n) is 3.95. The minimum Gasteiger partial charge on any atom is -0.342 e. The van der Waals surface area contributed by atoms with Gasteiger partial charge in [0.05, 0.1) is 11.0 Å². The fraction of sp³-hybridized carbons (Fsp3) is 0.588. The summed E-state index contributed by atoms with van der Waals surface area (Å²) in [4.78, 5) is 11.0. The van der Waals surface area contributed by atoms with Crippen molar-refractivity contribution in [3.8, 4) is 0 Å². The number of benzene rings is 1. The first-order valence-corrected chi connectivity index (χ1v) is 8.09. The Kier molecular flexibility index (Phi) is 3.23. The van der Waals surface area contributed by atoms with Crippen LogP contribution in [0, 0.1) is 0 Å². The minimum absolute atomic E-state index is 0.601. The number of fused-ring (bicyclic) bond motifs is 1.